The van der Waals surface area contributed by atoms with Crippen molar-refractivity contribution in [2.45, 2.75) is 20.4 Å². The van der Waals surface area contributed by atoms with Gasteiger partial charge in [0, 0.05) is 25.0 Å². The smallest absolute Gasteiger partial charge is 0.275 e. The lowest BCUT2D eigenvalue weighted by Crippen LogP contribution is -2.13. The Morgan fingerprint density at radius 3 is 2.95 bits per heavy atom. The van der Waals surface area contributed by atoms with Crippen molar-refractivity contribution < 1.29 is 4.79 Å². The summed E-state index contributed by atoms with van der Waals surface area (Å²) in [5.74, 6) is -0.204. The number of anilines is 1. The van der Waals surface area contributed by atoms with E-state index in [2.05, 4.69) is 10.3 Å². The number of imidazole rings is 1. The number of nitrogens with one attached hydrogen (secondary N) is 1. The van der Waals surface area contributed by atoms with Gasteiger partial charge in [-0.15, -0.1) is 0 Å². The summed E-state index contributed by atoms with van der Waals surface area (Å²) in [5, 5.41) is 2.88. The summed E-state index contributed by atoms with van der Waals surface area (Å²) in [4.78, 5) is 16.2. The Morgan fingerprint density at radius 2 is 2.21 bits per heavy atom. The number of aryl methyl sites for hydroxylation is 2. The molecule has 0 atom stereocenters. The van der Waals surface area contributed by atoms with Gasteiger partial charge < -0.3 is 15.6 Å². The van der Waals surface area contributed by atoms with Crippen LogP contribution in [0.3, 0.4) is 0 Å². The first-order valence-electron chi connectivity index (χ1n) is 6.20. The molecule has 1 aromatic carbocycles. The average molecular weight is 258 g/mol. The minimum atomic E-state index is -0.204. The Labute approximate surface area is 112 Å². The maximum Gasteiger partial charge on any atom is 0.275 e. The minimum Gasteiger partial charge on any atom is -0.335 e. The fourth-order valence-electron chi connectivity index (χ4n) is 1.81. The number of benzene rings is 1. The van der Waals surface area contributed by atoms with E-state index >= 15 is 0 Å². The minimum absolute atomic E-state index is 0.204. The van der Waals surface area contributed by atoms with Crippen molar-refractivity contribution >= 4 is 11.6 Å². The molecule has 0 spiro atoms. The van der Waals surface area contributed by atoms with Gasteiger partial charge in [0.25, 0.3) is 5.91 Å². The van der Waals surface area contributed by atoms with Gasteiger partial charge in [0.2, 0.25) is 0 Å². The van der Waals surface area contributed by atoms with Crippen molar-refractivity contribution in [2.24, 2.45) is 5.73 Å². The lowest BCUT2D eigenvalue weighted by Gasteiger charge is -2.07. The van der Waals surface area contributed by atoms with Crippen LogP contribution in [0.15, 0.2) is 30.7 Å². The molecule has 0 fully saturated rings. The number of aromatic nitrogens is 2. The van der Waals surface area contributed by atoms with Crippen LogP contribution >= 0.6 is 0 Å². The first-order valence-corrected chi connectivity index (χ1v) is 6.20. The van der Waals surface area contributed by atoms with E-state index in [1.165, 1.54) is 0 Å². The fourth-order valence-corrected chi connectivity index (χ4v) is 1.81. The second kappa shape index (κ2) is 5.67. The van der Waals surface area contributed by atoms with E-state index in [9.17, 15) is 4.79 Å². The molecule has 0 aliphatic rings. The number of hydrogen-bond donors (Lipinski definition) is 2. The third-order valence-electron chi connectivity index (χ3n) is 2.89. The standard InChI is InChI=1S/C14H18N4O/c1-10-3-4-11(2)12(7-10)17-14(19)13-8-18(6-5-15)9-16-13/h3-4,7-9H,5-6,15H2,1-2H3,(H,17,19). The molecule has 5 nitrogen and oxygen atoms in total. The van der Waals surface area contributed by atoms with Gasteiger partial charge in [-0.2, -0.15) is 0 Å². The molecule has 0 aliphatic heterocycles. The highest BCUT2D eigenvalue weighted by atomic mass is 16.1. The van der Waals surface area contributed by atoms with Crippen LogP contribution in [0.25, 0.3) is 0 Å². The molecule has 0 saturated heterocycles. The zero-order valence-electron chi connectivity index (χ0n) is 11.2. The van der Waals surface area contributed by atoms with Crippen LogP contribution in [0.4, 0.5) is 5.69 Å². The molecular weight excluding hydrogens is 240 g/mol. The number of hydrogen-bond acceptors (Lipinski definition) is 3. The Bertz CT molecular complexity index is 589. The molecule has 0 radical (unpaired) electrons. The molecular formula is C14H18N4O. The predicted molar refractivity (Wildman–Crippen MR) is 75.2 cm³/mol. The van der Waals surface area contributed by atoms with E-state index in [1.807, 2.05) is 32.0 Å². The van der Waals surface area contributed by atoms with Crippen LogP contribution < -0.4 is 11.1 Å². The SMILES string of the molecule is Cc1ccc(C)c(NC(=O)c2cn(CCN)cn2)c1. The zero-order chi connectivity index (χ0) is 13.8. The lowest BCUT2D eigenvalue weighted by atomic mass is 10.1. The molecule has 2 rings (SSSR count). The molecule has 0 saturated carbocycles. The van der Waals surface area contributed by atoms with E-state index in [4.69, 9.17) is 5.73 Å². The van der Waals surface area contributed by atoms with Crippen LogP contribution in [-0.4, -0.2) is 22.0 Å². The highest BCUT2D eigenvalue weighted by molar-refractivity contribution is 6.03. The van der Waals surface area contributed by atoms with Crippen molar-refractivity contribution in [3.63, 3.8) is 0 Å². The summed E-state index contributed by atoms with van der Waals surface area (Å²) in [7, 11) is 0. The van der Waals surface area contributed by atoms with E-state index in [0.29, 0.717) is 18.8 Å². The van der Waals surface area contributed by atoms with Crippen LogP contribution in [0.1, 0.15) is 21.6 Å². The van der Waals surface area contributed by atoms with Crippen molar-refractivity contribution in [1.82, 2.24) is 9.55 Å². The van der Waals surface area contributed by atoms with Crippen molar-refractivity contribution in [2.75, 3.05) is 11.9 Å². The molecule has 100 valence electrons. The monoisotopic (exact) mass is 258 g/mol. The first kappa shape index (κ1) is 13.3. The maximum atomic E-state index is 12.1. The fraction of sp³-hybridized carbons (Fsp3) is 0.286. The van der Waals surface area contributed by atoms with Gasteiger partial charge >= 0.3 is 0 Å². The van der Waals surface area contributed by atoms with Gasteiger partial charge in [-0.3, -0.25) is 4.79 Å². The van der Waals surface area contributed by atoms with Gasteiger partial charge in [-0.1, -0.05) is 12.1 Å². The van der Waals surface area contributed by atoms with Gasteiger partial charge in [-0.25, -0.2) is 4.98 Å². The summed E-state index contributed by atoms with van der Waals surface area (Å²) >= 11 is 0. The number of carbonyl (C=O) groups excluding carboxylic acids is 1. The van der Waals surface area contributed by atoms with Crippen molar-refractivity contribution in [3.8, 4) is 0 Å². The average Bonchev–Trinajstić information content (AvgIpc) is 2.83. The molecule has 0 bridgehead atoms. The summed E-state index contributed by atoms with van der Waals surface area (Å²) < 4.78 is 1.80. The molecule has 0 unspecified atom stereocenters. The van der Waals surface area contributed by atoms with Gasteiger partial charge in [0.1, 0.15) is 5.69 Å². The predicted octanol–water partition coefficient (Wildman–Crippen LogP) is 1.71. The second-order valence-electron chi connectivity index (χ2n) is 4.56. The van der Waals surface area contributed by atoms with Gasteiger partial charge in [-0.05, 0) is 31.0 Å². The van der Waals surface area contributed by atoms with E-state index in [1.54, 1.807) is 17.1 Å². The molecule has 1 amide bonds. The number of nitrogens with zero attached hydrogens (tertiary/aromatic N) is 2. The molecule has 1 heterocycles. The molecule has 0 aliphatic carbocycles. The molecule has 1 aromatic heterocycles. The number of nitrogens with two attached hydrogens (primary N) is 1. The largest absolute Gasteiger partial charge is 0.335 e. The van der Waals surface area contributed by atoms with Crippen LogP contribution in [0.5, 0.6) is 0 Å². The summed E-state index contributed by atoms with van der Waals surface area (Å²) in [6, 6.07) is 5.95. The Morgan fingerprint density at radius 1 is 1.42 bits per heavy atom. The Hall–Kier alpha value is -2.14. The summed E-state index contributed by atoms with van der Waals surface area (Å²) in [6.07, 6.45) is 3.32. The number of rotatable bonds is 4. The van der Waals surface area contributed by atoms with Crippen molar-refractivity contribution in [1.29, 1.82) is 0 Å². The van der Waals surface area contributed by atoms with Crippen molar-refractivity contribution in [3.05, 3.63) is 47.5 Å². The molecule has 2 aromatic rings. The van der Waals surface area contributed by atoms with E-state index in [-0.39, 0.29) is 5.91 Å². The van der Waals surface area contributed by atoms with Crippen LogP contribution in [-0.2, 0) is 6.54 Å². The third kappa shape index (κ3) is 3.20. The second-order valence-corrected chi connectivity index (χ2v) is 4.56. The third-order valence-corrected chi connectivity index (χ3v) is 2.89. The number of amides is 1. The molecule has 19 heavy (non-hydrogen) atoms. The Balaban J connectivity index is 2.13. The van der Waals surface area contributed by atoms with Gasteiger partial charge in [0.05, 0.1) is 6.33 Å². The zero-order valence-corrected chi connectivity index (χ0v) is 11.2. The van der Waals surface area contributed by atoms with Gasteiger partial charge in [0.15, 0.2) is 0 Å². The highest BCUT2D eigenvalue weighted by Crippen LogP contribution is 2.17. The normalized spacial score (nSPS) is 10.5. The van der Waals surface area contributed by atoms with E-state index < -0.39 is 0 Å². The van der Waals surface area contributed by atoms with Crippen LogP contribution in [0, 0.1) is 13.8 Å². The highest BCUT2D eigenvalue weighted by Gasteiger charge is 2.10. The van der Waals surface area contributed by atoms with E-state index in [0.717, 1.165) is 16.8 Å². The van der Waals surface area contributed by atoms with Crippen LogP contribution in [0.2, 0.25) is 0 Å². The first-order chi connectivity index (χ1) is 9.10. The quantitative estimate of drug-likeness (QED) is 0.876. The summed E-state index contributed by atoms with van der Waals surface area (Å²) in [5.41, 5.74) is 8.81. The maximum absolute atomic E-state index is 12.1. The molecule has 3 N–H and O–H groups in total. The summed E-state index contributed by atoms with van der Waals surface area (Å²) in [6.45, 7) is 5.13. The lowest BCUT2D eigenvalue weighted by molar-refractivity contribution is 0.102. The topological polar surface area (TPSA) is 72.9 Å². The molecule has 5 heteroatoms. The Kier molecular flexibility index (Phi) is 3.97. The number of carbonyl (C=O) groups is 1.